The van der Waals surface area contributed by atoms with E-state index in [-0.39, 0.29) is 0 Å². The maximum atomic E-state index is 10.7. The lowest BCUT2D eigenvalue weighted by molar-refractivity contribution is -0.344. The molecule has 0 spiro atoms. The van der Waals surface area contributed by atoms with E-state index < -0.39 is 11.9 Å². The van der Waals surface area contributed by atoms with Gasteiger partial charge in [-0.05, 0) is 10.9 Å². The molecule has 18 heavy (non-hydrogen) atoms. The SMILES string of the molecule is O=[N+]([O-])B(O)c1cccc2c1sc1ccccc12. The fourth-order valence-electron chi connectivity index (χ4n) is 2.09. The molecule has 1 N–H and O–H groups in total. The van der Waals surface area contributed by atoms with Crippen LogP contribution >= 0.6 is 11.3 Å². The van der Waals surface area contributed by atoms with Crippen LogP contribution in [0.4, 0.5) is 0 Å². The second kappa shape index (κ2) is 4.08. The van der Waals surface area contributed by atoms with Crippen molar-refractivity contribution in [1.82, 2.24) is 0 Å². The topological polar surface area (TPSA) is 63.4 Å². The maximum Gasteiger partial charge on any atom is 0.749 e. The van der Waals surface area contributed by atoms with Gasteiger partial charge in [0.1, 0.15) is 0 Å². The van der Waals surface area contributed by atoms with Crippen molar-refractivity contribution >= 4 is 44.0 Å². The quantitative estimate of drug-likeness (QED) is 0.434. The first-order valence-corrected chi connectivity index (χ1v) is 6.22. The summed E-state index contributed by atoms with van der Waals surface area (Å²) in [5, 5.41) is 22.4. The molecule has 0 amide bonds. The Morgan fingerprint density at radius 1 is 1.11 bits per heavy atom. The van der Waals surface area contributed by atoms with Crippen LogP contribution in [0.1, 0.15) is 0 Å². The molecule has 0 saturated heterocycles. The molecule has 1 heterocycles. The minimum absolute atomic E-state index is 0.360. The van der Waals surface area contributed by atoms with Crippen molar-refractivity contribution in [3.8, 4) is 0 Å². The van der Waals surface area contributed by atoms with E-state index in [9.17, 15) is 15.1 Å². The zero-order valence-corrected chi connectivity index (χ0v) is 10.1. The van der Waals surface area contributed by atoms with Gasteiger partial charge in [0.15, 0.2) is 0 Å². The van der Waals surface area contributed by atoms with Crippen molar-refractivity contribution in [2.45, 2.75) is 0 Å². The van der Waals surface area contributed by atoms with Gasteiger partial charge in [0.05, 0.1) is 5.46 Å². The first kappa shape index (κ1) is 11.2. The zero-order chi connectivity index (χ0) is 12.7. The lowest BCUT2D eigenvalue weighted by atomic mass is 9.75. The van der Waals surface area contributed by atoms with Gasteiger partial charge in [0, 0.05) is 20.2 Å². The summed E-state index contributed by atoms with van der Waals surface area (Å²) in [6, 6.07) is 13.1. The summed E-state index contributed by atoms with van der Waals surface area (Å²) in [6.45, 7) is 0. The minimum Gasteiger partial charge on any atom is -0.382 e. The van der Waals surface area contributed by atoms with E-state index in [1.165, 1.54) is 11.3 Å². The lowest BCUT2D eigenvalue weighted by Gasteiger charge is -1.98. The van der Waals surface area contributed by atoms with Gasteiger partial charge in [-0.25, -0.2) is 0 Å². The molecule has 3 aromatic rings. The third-order valence-electron chi connectivity index (χ3n) is 2.91. The summed E-state index contributed by atoms with van der Waals surface area (Å²) in [4.78, 5) is 10.0. The fourth-order valence-corrected chi connectivity index (χ4v) is 3.32. The number of hydrogen-bond acceptors (Lipinski definition) is 4. The first-order chi connectivity index (χ1) is 8.68. The summed E-state index contributed by atoms with van der Waals surface area (Å²) in [6.07, 6.45) is 0. The summed E-state index contributed by atoms with van der Waals surface area (Å²) in [7, 11) is -1.67. The summed E-state index contributed by atoms with van der Waals surface area (Å²) < 4.78 is 1.85. The Morgan fingerprint density at radius 2 is 1.83 bits per heavy atom. The van der Waals surface area contributed by atoms with Crippen molar-refractivity contribution < 1.29 is 9.86 Å². The molecule has 0 bridgehead atoms. The standard InChI is InChI=1S/C12H8BNO3S/c15-13(14(16)17)10-6-3-5-9-8-4-1-2-7-11(8)18-12(9)10/h1-7,15H. The summed E-state index contributed by atoms with van der Waals surface area (Å²) >= 11 is 1.47. The van der Waals surface area contributed by atoms with E-state index in [1.807, 2.05) is 30.3 Å². The Bertz CT molecular complexity index is 755. The van der Waals surface area contributed by atoms with Gasteiger partial charge in [-0.3, -0.25) is 10.1 Å². The van der Waals surface area contributed by atoms with Gasteiger partial charge in [-0.15, -0.1) is 11.3 Å². The summed E-state index contributed by atoms with van der Waals surface area (Å²) in [5.74, 6) is 0. The third-order valence-corrected chi connectivity index (χ3v) is 4.15. The van der Waals surface area contributed by atoms with E-state index in [0.717, 1.165) is 20.2 Å². The number of hydrogen-bond donors (Lipinski definition) is 1. The predicted octanol–water partition coefficient (Wildman–Crippen LogP) is 2.02. The van der Waals surface area contributed by atoms with Crippen molar-refractivity contribution in [3.05, 3.63) is 52.6 Å². The number of nitro groups is 1. The Kier molecular flexibility index (Phi) is 2.54. The molecular formula is C12H8BNO3S. The van der Waals surface area contributed by atoms with Crippen LogP contribution in [0.25, 0.3) is 20.2 Å². The third kappa shape index (κ3) is 1.58. The number of benzene rings is 2. The van der Waals surface area contributed by atoms with Crippen LogP contribution in [0.2, 0.25) is 0 Å². The second-order valence-corrected chi connectivity index (χ2v) is 5.03. The molecule has 0 aliphatic carbocycles. The molecular weight excluding hydrogens is 249 g/mol. The van der Waals surface area contributed by atoms with Crippen LogP contribution in [0.5, 0.6) is 0 Å². The molecule has 0 fully saturated rings. The Labute approximate surface area is 107 Å². The average Bonchev–Trinajstić information content (AvgIpc) is 2.76. The van der Waals surface area contributed by atoms with E-state index in [4.69, 9.17) is 0 Å². The average molecular weight is 257 g/mol. The molecule has 2 aromatic carbocycles. The highest BCUT2D eigenvalue weighted by atomic mass is 32.1. The normalized spacial score (nSPS) is 10.9. The van der Waals surface area contributed by atoms with Gasteiger partial charge in [0.2, 0.25) is 0 Å². The molecule has 0 atom stereocenters. The molecule has 0 radical (unpaired) electrons. The van der Waals surface area contributed by atoms with Crippen LogP contribution < -0.4 is 5.46 Å². The first-order valence-electron chi connectivity index (χ1n) is 5.40. The van der Waals surface area contributed by atoms with Gasteiger partial charge < -0.3 is 5.02 Å². The van der Waals surface area contributed by atoms with Crippen molar-refractivity contribution in [3.63, 3.8) is 0 Å². The highest BCUT2D eigenvalue weighted by molar-refractivity contribution is 7.27. The summed E-state index contributed by atoms with van der Waals surface area (Å²) in [5.41, 5.74) is 0.360. The molecule has 0 saturated carbocycles. The van der Waals surface area contributed by atoms with Gasteiger partial charge in [0.25, 0.3) is 0 Å². The van der Waals surface area contributed by atoms with Gasteiger partial charge in [-0.1, -0.05) is 36.4 Å². The zero-order valence-electron chi connectivity index (χ0n) is 9.24. The highest BCUT2D eigenvalue weighted by Gasteiger charge is 2.35. The fraction of sp³-hybridized carbons (Fsp3) is 0. The second-order valence-electron chi connectivity index (χ2n) is 3.98. The van der Waals surface area contributed by atoms with Crippen molar-refractivity contribution in [2.24, 2.45) is 0 Å². The molecule has 6 heteroatoms. The molecule has 1 aromatic heterocycles. The van der Waals surface area contributed by atoms with Crippen LogP contribution in [0.3, 0.4) is 0 Å². The van der Waals surface area contributed by atoms with Crippen LogP contribution in [0.15, 0.2) is 42.5 Å². The van der Waals surface area contributed by atoms with Crippen molar-refractivity contribution in [2.75, 3.05) is 0 Å². The molecule has 88 valence electrons. The Hall–Kier alpha value is -1.92. The van der Waals surface area contributed by atoms with E-state index in [1.54, 1.807) is 12.1 Å². The predicted molar refractivity (Wildman–Crippen MR) is 73.9 cm³/mol. The minimum atomic E-state index is -1.67. The molecule has 4 nitrogen and oxygen atoms in total. The van der Waals surface area contributed by atoms with Crippen molar-refractivity contribution in [1.29, 1.82) is 0 Å². The number of nitrogens with zero attached hydrogens (tertiary/aromatic N) is 1. The van der Waals surface area contributed by atoms with Gasteiger partial charge >= 0.3 is 7.05 Å². The smallest absolute Gasteiger partial charge is 0.382 e. The molecule has 0 unspecified atom stereocenters. The molecule has 3 rings (SSSR count). The van der Waals surface area contributed by atoms with Gasteiger partial charge in [-0.2, -0.15) is 0 Å². The van der Waals surface area contributed by atoms with Crippen LogP contribution in [0, 0.1) is 10.1 Å². The largest absolute Gasteiger partial charge is 0.749 e. The van der Waals surface area contributed by atoms with E-state index >= 15 is 0 Å². The Balaban J connectivity index is 2.37. The number of thiophene rings is 1. The van der Waals surface area contributed by atoms with Crippen LogP contribution in [-0.2, 0) is 0 Å². The highest BCUT2D eigenvalue weighted by Crippen LogP contribution is 2.32. The number of fused-ring (bicyclic) bond motifs is 3. The van der Waals surface area contributed by atoms with E-state index in [2.05, 4.69) is 0 Å². The van der Waals surface area contributed by atoms with Crippen LogP contribution in [-0.4, -0.2) is 16.9 Å². The monoisotopic (exact) mass is 257 g/mol. The number of rotatable bonds is 2. The molecule has 0 aliphatic heterocycles. The molecule has 0 aliphatic rings. The lowest BCUT2D eigenvalue weighted by Crippen LogP contribution is -2.38. The van der Waals surface area contributed by atoms with E-state index in [0.29, 0.717) is 5.46 Å². The Morgan fingerprint density at radius 3 is 2.61 bits per heavy atom. The maximum absolute atomic E-state index is 10.7.